The molecule has 0 fully saturated rings. The fourth-order valence-electron chi connectivity index (χ4n) is 2.68. The normalized spacial score (nSPS) is 11.9. The number of nitrogens with zero attached hydrogens (tertiary/aromatic N) is 2. The molecule has 5 nitrogen and oxygen atoms in total. The van der Waals surface area contributed by atoms with Gasteiger partial charge in [-0.25, -0.2) is 4.79 Å². The zero-order chi connectivity index (χ0) is 18.4. The number of hydrogen-bond donors (Lipinski definition) is 2. The Balaban J connectivity index is 1.98. The van der Waals surface area contributed by atoms with Crippen LogP contribution in [0.3, 0.4) is 0 Å². The molecule has 0 aliphatic rings. The fourth-order valence-corrected chi connectivity index (χ4v) is 2.68. The second kappa shape index (κ2) is 8.53. The van der Waals surface area contributed by atoms with Gasteiger partial charge in [-0.2, -0.15) is 0 Å². The van der Waals surface area contributed by atoms with Gasteiger partial charge in [-0.3, -0.25) is 0 Å². The van der Waals surface area contributed by atoms with E-state index in [1.165, 1.54) is 5.56 Å². The first-order valence-electron chi connectivity index (χ1n) is 8.42. The third kappa shape index (κ3) is 5.50. The van der Waals surface area contributed by atoms with Crippen molar-refractivity contribution < 1.29 is 4.79 Å². The van der Waals surface area contributed by atoms with Crippen molar-refractivity contribution >= 4 is 17.4 Å². The van der Waals surface area contributed by atoms with Gasteiger partial charge in [0.25, 0.3) is 0 Å². The Morgan fingerprint density at radius 1 is 1.04 bits per heavy atom. The molecule has 0 heterocycles. The molecule has 0 spiro atoms. The maximum absolute atomic E-state index is 12.2. The van der Waals surface area contributed by atoms with Gasteiger partial charge in [0.2, 0.25) is 0 Å². The highest BCUT2D eigenvalue weighted by Crippen LogP contribution is 2.21. The fraction of sp³-hybridized carbons (Fsp3) is 0.350. The van der Waals surface area contributed by atoms with E-state index in [-0.39, 0.29) is 12.1 Å². The zero-order valence-corrected chi connectivity index (χ0v) is 15.7. The Kier molecular flexibility index (Phi) is 6.42. The number of carbonyl (C=O) groups is 1. The molecule has 0 bridgehead atoms. The van der Waals surface area contributed by atoms with Gasteiger partial charge in [-0.15, -0.1) is 0 Å². The Labute approximate surface area is 150 Å². The molecule has 0 unspecified atom stereocenters. The van der Waals surface area contributed by atoms with E-state index >= 15 is 0 Å². The summed E-state index contributed by atoms with van der Waals surface area (Å²) in [6.45, 7) is 2.54. The first kappa shape index (κ1) is 18.8. The average molecular weight is 340 g/mol. The third-order valence-corrected chi connectivity index (χ3v) is 4.15. The number of aryl methyl sites for hydroxylation is 1. The summed E-state index contributed by atoms with van der Waals surface area (Å²) in [5.74, 6) is 0. The molecule has 134 valence electrons. The summed E-state index contributed by atoms with van der Waals surface area (Å²) < 4.78 is 0. The molecule has 5 heteroatoms. The topological polar surface area (TPSA) is 47.6 Å². The van der Waals surface area contributed by atoms with Crippen LogP contribution < -0.4 is 15.5 Å². The van der Waals surface area contributed by atoms with Gasteiger partial charge in [0, 0.05) is 32.0 Å². The molecule has 0 aliphatic heterocycles. The molecule has 2 N–H and O–H groups in total. The van der Waals surface area contributed by atoms with Crippen molar-refractivity contribution in [1.82, 2.24) is 10.2 Å². The van der Waals surface area contributed by atoms with Gasteiger partial charge in [0.15, 0.2) is 0 Å². The lowest BCUT2D eigenvalue weighted by Gasteiger charge is -2.26. The van der Waals surface area contributed by atoms with Gasteiger partial charge in [-0.05, 0) is 56.4 Å². The van der Waals surface area contributed by atoms with Crippen molar-refractivity contribution in [3.63, 3.8) is 0 Å². The molecule has 0 aromatic heterocycles. The van der Waals surface area contributed by atoms with Crippen LogP contribution in [0, 0.1) is 6.92 Å². The molecule has 0 saturated heterocycles. The number of amides is 2. The molecule has 2 aromatic carbocycles. The molecule has 1 atom stereocenters. The number of hydrogen-bond acceptors (Lipinski definition) is 3. The first-order chi connectivity index (χ1) is 11.9. The van der Waals surface area contributed by atoms with E-state index in [4.69, 9.17) is 0 Å². The molecule has 25 heavy (non-hydrogen) atoms. The van der Waals surface area contributed by atoms with Crippen LogP contribution in [0.4, 0.5) is 16.2 Å². The van der Waals surface area contributed by atoms with Gasteiger partial charge in [0.1, 0.15) is 0 Å². The molecular formula is C20H28N4O. The van der Waals surface area contributed by atoms with Crippen molar-refractivity contribution in [3.8, 4) is 0 Å². The van der Waals surface area contributed by atoms with Gasteiger partial charge in [-0.1, -0.05) is 24.3 Å². The van der Waals surface area contributed by atoms with Crippen LogP contribution in [0.25, 0.3) is 0 Å². The predicted octanol–water partition coefficient (Wildman–Crippen LogP) is 3.49. The van der Waals surface area contributed by atoms with Crippen LogP contribution in [0.5, 0.6) is 0 Å². The summed E-state index contributed by atoms with van der Waals surface area (Å²) in [7, 11) is 8.08. The predicted molar refractivity (Wildman–Crippen MR) is 105 cm³/mol. The molecule has 2 amide bonds. The maximum atomic E-state index is 12.2. The van der Waals surface area contributed by atoms with Crippen LogP contribution >= 0.6 is 0 Å². The van der Waals surface area contributed by atoms with Crippen molar-refractivity contribution in [2.45, 2.75) is 13.0 Å². The lowest BCUT2D eigenvalue weighted by atomic mass is 10.1. The number of carbonyl (C=O) groups excluding carboxylic acids is 1. The van der Waals surface area contributed by atoms with Crippen molar-refractivity contribution in [2.24, 2.45) is 0 Å². The largest absolute Gasteiger partial charge is 0.378 e. The number of likely N-dealkylation sites (N-methyl/N-ethyl adjacent to an activating group) is 1. The minimum atomic E-state index is -0.192. The SMILES string of the molecule is Cc1cccc(NC(=O)NC[C@@H](c2ccc(N(C)C)cc2)N(C)C)c1. The summed E-state index contributed by atoms with van der Waals surface area (Å²) >= 11 is 0. The van der Waals surface area contributed by atoms with E-state index in [2.05, 4.69) is 44.7 Å². The standard InChI is InChI=1S/C20H28N4O/c1-15-7-6-8-17(13-15)22-20(25)21-14-19(24(4)5)16-9-11-18(12-10-16)23(2)3/h6-13,19H,14H2,1-5H3,(H2,21,22,25)/t19-/m0/s1. The minimum Gasteiger partial charge on any atom is -0.378 e. The van der Waals surface area contributed by atoms with E-state index in [0.29, 0.717) is 6.54 Å². The van der Waals surface area contributed by atoms with Crippen molar-refractivity contribution in [2.75, 3.05) is 45.0 Å². The second-order valence-corrected chi connectivity index (χ2v) is 6.67. The quantitative estimate of drug-likeness (QED) is 0.846. The van der Waals surface area contributed by atoms with Gasteiger partial charge < -0.3 is 20.4 Å². The number of urea groups is 1. The highest BCUT2D eigenvalue weighted by atomic mass is 16.2. The Morgan fingerprint density at radius 2 is 1.72 bits per heavy atom. The van der Waals surface area contributed by atoms with Crippen LogP contribution in [0.15, 0.2) is 48.5 Å². The van der Waals surface area contributed by atoms with Crippen LogP contribution in [-0.4, -0.2) is 45.7 Å². The highest BCUT2D eigenvalue weighted by molar-refractivity contribution is 5.89. The molecular weight excluding hydrogens is 312 g/mol. The summed E-state index contributed by atoms with van der Waals surface area (Å²) in [5.41, 5.74) is 4.25. The Hall–Kier alpha value is -2.53. The van der Waals surface area contributed by atoms with E-state index in [0.717, 1.165) is 16.9 Å². The van der Waals surface area contributed by atoms with Crippen LogP contribution in [0.2, 0.25) is 0 Å². The monoisotopic (exact) mass is 340 g/mol. The van der Waals surface area contributed by atoms with Crippen LogP contribution in [-0.2, 0) is 0 Å². The third-order valence-electron chi connectivity index (χ3n) is 4.15. The highest BCUT2D eigenvalue weighted by Gasteiger charge is 2.15. The van der Waals surface area contributed by atoms with E-state index in [1.54, 1.807) is 0 Å². The summed E-state index contributed by atoms with van der Waals surface area (Å²) in [4.78, 5) is 16.4. The molecule has 0 saturated carbocycles. The summed E-state index contributed by atoms with van der Waals surface area (Å²) in [6.07, 6.45) is 0. The van der Waals surface area contributed by atoms with E-state index in [1.807, 2.05) is 59.4 Å². The lowest BCUT2D eigenvalue weighted by Crippen LogP contribution is -2.36. The molecule has 0 aliphatic carbocycles. The number of nitrogens with one attached hydrogen (secondary N) is 2. The maximum Gasteiger partial charge on any atom is 0.319 e. The number of anilines is 2. The number of benzene rings is 2. The Bertz CT molecular complexity index is 695. The zero-order valence-electron chi connectivity index (χ0n) is 15.7. The van der Waals surface area contributed by atoms with E-state index in [9.17, 15) is 4.79 Å². The van der Waals surface area contributed by atoms with Gasteiger partial charge >= 0.3 is 6.03 Å². The van der Waals surface area contributed by atoms with Crippen molar-refractivity contribution in [1.29, 1.82) is 0 Å². The average Bonchev–Trinajstić information content (AvgIpc) is 2.55. The Morgan fingerprint density at radius 3 is 2.28 bits per heavy atom. The smallest absolute Gasteiger partial charge is 0.319 e. The summed E-state index contributed by atoms with van der Waals surface area (Å²) in [6, 6.07) is 16.1. The molecule has 2 aromatic rings. The molecule has 2 rings (SSSR count). The first-order valence-corrected chi connectivity index (χ1v) is 8.42. The molecule has 0 radical (unpaired) electrons. The number of rotatable bonds is 6. The van der Waals surface area contributed by atoms with E-state index < -0.39 is 0 Å². The lowest BCUT2D eigenvalue weighted by molar-refractivity contribution is 0.243. The van der Waals surface area contributed by atoms with Crippen LogP contribution in [0.1, 0.15) is 17.2 Å². The second-order valence-electron chi connectivity index (χ2n) is 6.67. The van der Waals surface area contributed by atoms with Crippen molar-refractivity contribution in [3.05, 3.63) is 59.7 Å². The summed E-state index contributed by atoms with van der Waals surface area (Å²) in [5, 5.41) is 5.84. The minimum absolute atomic E-state index is 0.111. The van der Waals surface area contributed by atoms with Gasteiger partial charge in [0.05, 0.1) is 6.04 Å².